The first-order valence-corrected chi connectivity index (χ1v) is 6.58. The Morgan fingerprint density at radius 3 is 2.78 bits per heavy atom. The number of carbonyl (C=O) groups is 1. The molecule has 1 N–H and O–H groups in total. The molecule has 1 aromatic rings. The Morgan fingerprint density at radius 1 is 1.33 bits per heavy atom. The molecule has 0 unspecified atom stereocenters. The topological polar surface area (TPSA) is 41.6 Å². The molecule has 0 aliphatic carbocycles. The molecular weight excluding hydrogens is 248 g/mol. The molecule has 0 bridgehead atoms. The van der Waals surface area contributed by atoms with Gasteiger partial charge < -0.3 is 10.1 Å². The Bertz CT molecular complexity index is 406. The van der Waals surface area contributed by atoms with E-state index in [0.29, 0.717) is 0 Å². The highest BCUT2D eigenvalue weighted by molar-refractivity contribution is 7.96. The molecule has 0 spiro atoms. The molecule has 1 amide bonds. The zero-order chi connectivity index (χ0) is 12.8. The molecule has 1 aromatic carbocycles. The van der Waals surface area contributed by atoms with Crippen LogP contribution in [-0.4, -0.2) is 43.0 Å². The zero-order valence-electron chi connectivity index (χ0n) is 10.3. The van der Waals surface area contributed by atoms with Crippen molar-refractivity contribution in [1.29, 1.82) is 0 Å². The smallest absolute Gasteiger partial charge is 0.280 e. The lowest BCUT2D eigenvalue weighted by Gasteiger charge is -2.26. The van der Waals surface area contributed by atoms with E-state index in [2.05, 4.69) is 22.8 Å². The van der Waals surface area contributed by atoms with E-state index in [1.165, 1.54) is 0 Å². The molecule has 98 valence electrons. The van der Waals surface area contributed by atoms with Crippen molar-refractivity contribution < 1.29 is 9.53 Å². The van der Waals surface area contributed by atoms with E-state index >= 15 is 0 Å². The van der Waals surface area contributed by atoms with Crippen LogP contribution < -0.4 is 5.32 Å². The summed E-state index contributed by atoms with van der Waals surface area (Å²) >= 11 is 3.75. The standard InChI is InChI=1S/C13H18N2O2S/c16-13(18)14-12-4-2-1-3-11(12)5-6-15-7-9-17-10-8-15/h1-4H,5-10H2,(H2,14,16,18). The Morgan fingerprint density at radius 2 is 2.06 bits per heavy atom. The van der Waals surface area contributed by atoms with E-state index in [9.17, 15) is 4.79 Å². The molecule has 0 atom stereocenters. The van der Waals surface area contributed by atoms with Crippen LogP contribution in [0, 0.1) is 0 Å². The number of carbonyl (C=O) groups excluding carboxylic acids is 1. The summed E-state index contributed by atoms with van der Waals surface area (Å²) in [5.74, 6) is 0. The van der Waals surface area contributed by atoms with E-state index in [-0.39, 0.29) is 5.24 Å². The first-order valence-electron chi connectivity index (χ1n) is 6.13. The second-order valence-corrected chi connectivity index (χ2v) is 4.70. The fourth-order valence-electron chi connectivity index (χ4n) is 2.08. The molecule has 1 aliphatic heterocycles. The van der Waals surface area contributed by atoms with Gasteiger partial charge in [0.1, 0.15) is 0 Å². The fourth-order valence-corrected chi connectivity index (χ4v) is 2.20. The normalized spacial score (nSPS) is 16.5. The summed E-state index contributed by atoms with van der Waals surface area (Å²) in [6.45, 7) is 4.59. The van der Waals surface area contributed by atoms with Crippen molar-refractivity contribution in [3.8, 4) is 0 Å². The molecular formula is C13H18N2O2S. The minimum Gasteiger partial charge on any atom is -0.379 e. The molecule has 0 aromatic heterocycles. The van der Waals surface area contributed by atoms with Gasteiger partial charge in [0.25, 0.3) is 5.24 Å². The molecule has 2 rings (SSSR count). The van der Waals surface area contributed by atoms with Gasteiger partial charge in [-0.25, -0.2) is 0 Å². The predicted octanol–water partition coefficient (Wildman–Crippen LogP) is 2.02. The van der Waals surface area contributed by atoms with Crippen LogP contribution >= 0.6 is 12.6 Å². The molecule has 1 fully saturated rings. The summed E-state index contributed by atoms with van der Waals surface area (Å²) in [6, 6.07) is 7.85. The minimum absolute atomic E-state index is 0.325. The molecule has 1 saturated heterocycles. The highest BCUT2D eigenvalue weighted by Gasteiger charge is 2.11. The van der Waals surface area contributed by atoms with E-state index in [4.69, 9.17) is 4.74 Å². The van der Waals surface area contributed by atoms with Crippen LogP contribution in [-0.2, 0) is 11.2 Å². The van der Waals surface area contributed by atoms with Gasteiger partial charge in [0.05, 0.1) is 13.2 Å². The van der Waals surface area contributed by atoms with Crippen LogP contribution in [0.4, 0.5) is 10.5 Å². The number of morpholine rings is 1. The van der Waals surface area contributed by atoms with Gasteiger partial charge in [0.2, 0.25) is 0 Å². The number of para-hydroxylation sites is 1. The van der Waals surface area contributed by atoms with Crippen molar-refractivity contribution in [2.45, 2.75) is 6.42 Å². The highest BCUT2D eigenvalue weighted by Crippen LogP contribution is 2.16. The van der Waals surface area contributed by atoms with Gasteiger partial charge in [-0.1, -0.05) is 30.8 Å². The maximum absolute atomic E-state index is 11.0. The maximum atomic E-state index is 11.0. The molecule has 4 nitrogen and oxygen atoms in total. The average Bonchev–Trinajstić information content (AvgIpc) is 2.38. The largest absolute Gasteiger partial charge is 0.379 e. The number of nitrogens with one attached hydrogen (secondary N) is 1. The minimum atomic E-state index is -0.325. The summed E-state index contributed by atoms with van der Waals surface area (Å²) in [7, 11) is 0. The van der Waals surface area contributed by atoms with Gasteiger partial charge in [0, 0.05) is 25.3 Å². The number of hydrogen-bond donors (Lipinski definition) is 2. The number of benzene rings is 1. The summed E-state index contributed by atoms with van der Waals surface area (Å²) < 4.78 is 5.32. The molecule has 0 saturated carbocycles. The highest BCUT2D eigenvalue weighted by atomic mass is 32.1. The Labute approximate surface area is 113 Å². The second-order valence-electron chi connectivity index (χ2n) is 4.29. The van der Waals surface area contributed by atoms with Gasteiger partial charge in [-0.3, -0.25) is 9.69 Å². The van der Waals surface area contributed by atoms with Crippen molar-refractivity contribution in [1.82, 2.24) is 4.90 Å². The number of rotatable bonds is 4. The quantitative estimate of drug-likeness (QED) is 0.819. The number of ether oxygens (including phenoxy) is 1. The van der Waals surface area contributed by atoms with Gasteiger partial charge in [-0.15, -0.1) is 0 Å². The maximum Gasteiger partial charge on any atom is 0.280 e. The third kappa shape index (κ3) is 4.01. The third-order valence-electron chi connectivity index (χ3n) is 3.06. The van der Waals surface area contributed by atoms with Crippen molar-refractivity contribution in [2.24, 2.45) is 0 Å². The number of nitrogens with zero attached hydrogens (tertiary/aromatic N) is 1. The van der Waals surface area contributed by atoms with Crippen LogP contribution in [0.2, 0.25) is 0 Å². The summed E-state index contributed by atoms with van der Waals surface area (Å²) in [6.07, 6.45) is 0.921. The molecule has 0 radical (unpaired) electrons. The van der Waals surface area contributed by atoms with E-state index in [1.54, 1.807) is 0 Å². The Hall–Kier alpha value is -1.04. The van der Waals surface area contributed by atoms with E-state index in [0.717, 1.165) is 50.5 Å². The molecule has 1 heterocycles. The van der Waals surface area contributed by atoms with Gasteiger partial charge >= 0.3 is 0 Å². The van der Waals surface area contributed by atoms with Crippen molar-refractivity contribution >= 4 is 23.6 Å². The Kier molecular flexibility index (Phi) is 5.04. The zero-order valence-corrected chi connectivity index (χ0v) is 11.2. The molecule has 18 heavy (non-hydrogen) atoms. The summed E-state index contributed by atoms with van der Waals surface area (Å²) in [5.41, 5.74) is 2.00. The first-order chi connectivity index (χ1) is 8.75. The lowest BCUT2D eigenvalue weighted by atomic mass is 10.1. The summed E-state index contributed by atoms with van der Waals surface area (Å²) in [4.78, 5) is 13.4. The van der Waals surface area contributed by atoms with Crippen LogP contribution in [0.5, 0.6) is 0 Å². The van der Waals surface area contributed by atoms with Crippen LogP contribution in [0.15, 0.2) is 24.3 Å². The summed E-state index contributed by atoms with van der Waals surface area (Å²) in [5, 5.41) is 2.42. The first kappa shape index (κ1) is 13.4. The number of amides is 1. The lowest BCUT2D eigenvalue weighted by Crippen LogP contribution is -2.37. The van der Waals surface area contributed by atoms with Crippen molar-refractivity contribution in [3.63, 3.8) is 0 Å². The van der Waals surface area contributed by atoms with Gasteiger partial charge in [-0.05, 0) is 18.1 Å². The molecule has 1 aliphatic rings. The Balaban J connectivity index is 1.93. The molecule has 5 heteroatoms. The van der Waals surface area contributed by atoms with Crippen LogP contribution in [0.25, 0.3) is 0 Å². The van der Waals surface area contributed by atoms with Gasteiger partial charge in [0.15, 0.2) is 0 Å². The van der Waals surface area contributed by atoms with E-state index in [1.807, 2.05) is 24.3 Å². The van der Waals surface area contributed by atoms with Crippen molar-refractivity contribution in [2.75, 3.05) is 38.2 Å². The number of hydrogen-bond acceptors (Lipinski definition) is 3. The fraction of sp³-hybridized carbons (Fsp3) is 0.462. The van der Waals surface area contributed by atoms with Crippen LogP contribution in [0.3, 0.4) is 0 Å². The lowest BCUT2D eigenvalue weighted by molar-refractivity contribution is 0.0384. The number of thiol groups is 1. The van der Waals surface area contributed by atoms with Crippen LogP contribution in [0.1, 0.15) is 5.56 Å². The van der Waals surface area contributed by atoms with E-state index < -0.39 is 0 Å². The average molecular weight is 266 g/mol. The third-order valence-corrected chi connectivity index (χ3v) is 3.17. The SMILES string of the molecule is O=C(S)Nc1ccccc1CCN1CCOCC1. The predicted molar refractivity (Wildman–Crippen MR) is 75.4 cm³/mol. The second kappa shape index (κ2) is 6.78. The van der Waals surface area contributed by atoms with Crippen molar-refractivity contribution in [3.05, 3.63) is 29.8 Å². The van der Waals surface area contributed by atoms with Gasteiger partial charge in [-0.2, -0.15) is 0 Å². The number of anilines is 1. The monoisotopic (exact) mass is 266 g/mol.